The Kier molecular flexibility index (Phi) is 4.04. The van der Waals surface area contributed by atoms with Crippen molar-refractivity contribution in [2.75, 3.05) is 0 Å². The molecule has 0 saturated carbocycles. The number of aromatic nitrogens is 4. The average Bonchev–Trinajstić information content (AvgIpc) is 2.99. The van der Waals surface area contributed by atoms with Gasteiger partial charge in [-0.25, -0.2) is 4.98 Å². The third kappa shape index (κ3) is 2.49. The van der Waals surface area contributed by atoms with Gasteiger partial charge in [-0.3, -0.25) is 4.68 Å². The molecule has 0 aliphatic carbocycles. The van der Waals surface area contributed by atoms with Crippen molar-refractivity contribution >= 4 is 38.7 Å². The molecule has 0 saturated heterocycles. The van der Waals surface area contributed by atoms with E-state index < -0.39 is 0 Å². The van der Waals surface area contributed by atoms with Crippen molar-refractivity contribution < 1.29 is 0 Å². The molecule has 0 atom stereocenters. The molecule has 2 heterocycles. The molecule has 0 radical (unpaired) electrons. The second-order valence-electron chi connectivity index (χ2n) is 4.94. The van der Waals surface area contributed by atoms with Gasteiger partial charge in [-0.15, -0.1) is 11.6 Å². The molecule has 0 aliphatic heterocycles. The number of hydrogen-bond acceptors (Lipinski definition) is 2. The van der Waals surface area contributed by atoms with E-state index in [0.29, 0.717) is 5.88 Å². The van der Waals surface area contributed by atoms with Crippen molar-refractivity contribution in [1.29, 1.82) is 0 Å². The number of hydrogen-bond donors (Lipinski definition) is 0. The Morgan fingerprint density at radius 2 is 2.05 bits per heavy atom. The van der Waals surface area contributed by atoms with Crippen molar-refractivity contribution in [3.8, 4) is 0 Å². The standard InChI is InChI=1S/C15H16BrClN4/c1-3-12-14-15(20(2)19-12)21(13(8-17)18-14)9-10-6-4-5-7-11(10)16/h4-7H,3,8-9H2,1-2H3. The first-order valence-electron chi connectivity index (χ1n) is 6.86. The van der Waals surface area contributed by atoms with E-state index in [1.807, 2.05) is 29.9 Å². The quantitative estimate of drug-likeness (QED) is 0.656. The molecular formula is C15H16BrClN4. The lowest BCUT2D eigenvalue weighted by Gasteiger charge is -2.10. The number of halogens is 2. The van der Waals surface area contributed by atoms with Crippen molar-refractivity contribution in [3.63, 3.8) is 0 Å². The van der Waals surface area contributed by atoms with Crippen molar-refractivity contribution in [2.45, 2.75) is 25.8 Å². The first kappa shape index (κ1) is 14.6. The Labute approximate surface area is 136 Å². The Hall–Kier alpha value is -1.33. The summed E-state index contributed by atoms with van der Waals surface area (Å²) < 4.78 is 5.13. The van der Waals surface area contributed by atoms with Gasteiger partial charge in [-0.1, -0.05) is 41.1 Å². The summed E-state index contributed by atoms with van der Waals surface area (Å²) in [5.74, 6) is 1.27. The second kappa shape index (κ2) is 5.81. The lowest BCUT2D eigenvalue weighted by atomic mass is 10.2. The lowest BCUT2D eigenvalue weighted by molar-refractivity contribution is 0.697. The summed E-state index contributed by atoms with van der Waals surface area (Å²) in [5.41, 5.74) is 4.20. The molecule has 6 heteroatoms. The fourth-order valence-electron chi connectivity index (χ4n) is 2.59. The summed E-state index contributed by atoms with van der Waals surface area (Å²) in [5, 5.41) is 4.55. The molecule has 0 N–H and O–H groups in total. The molecule has 1 aromatic carbocycles. The van der Waals surface area contributed by atoms with Gasteiger partial charge < -0.3 is 4.57 Å². The maximum atomic E-state index is 6.09. The predicted octanol–water partition coefficient (Wildman–Crippen LogP) is 3.88. The largest absolute Gasteiger partial charge is 0.307 e. The van der Waals surface area contributed by atoms with Crippen molar-refractivity contribution in [2.24, 2.45) is 7.05 Å². The molecule has 0 bridgehead atoms. The van der Waals surface area contributed by atoms with E-state index >= 15 is 0 Å². The van der Waals surface area contributed by atoms with Crippen LogP contribution in [0.15, 0.2) is 28.7 Å². The fourth-order valence-corrected chi connectivity index (χ4v) is 3.20. The molecular weight excluding hydrogens is 352 g/mol. The smallest absolute Gasteiger partial charge is 0.159 e. The lowest BCUT2D eigenvalue weighted by Crippen LogP contribution is -2.08. The molecule has 0 unspecified atom stereocenters. The summed E-state index contributed by atoms with van der Waals surface area (Å²) >= 11 is 9.69. The van der Waals surface area contributed by atoms with Crippen LogP contribution in [0.3, 0.4) is 0 Å². The zero-order valence-corrected chi connectivity index (χ0v) is 14.3. The van der Waals surface area contributed by atoms with Gasteiger partial charge in [0.1, 0.15) is 11.3 Å². The van der Waals surface area contributed by atoms with Gasteiger partial charge in [0.05, 0.1) is 18.1 Å². The van der Waals surface area contributed by atoms with Gasteiger partial charge in [-0.05, 0) is 18.1 Å². The monoisotopic (exact) mass is 366 g/mol. The zero-order chi connectivity index (χ0) is 15.0. The van der Waals surface area contributed by atoms with Crippen LogP contribution in [0.5, 0.6) is 0 Å². The number of nitrogens with zero attached hydrogens (tertiary/aromatic N) is 4. The van der Waals surface area contributed by atoms with Gasteiger partial charge in [0, 0.05) is 11.5 Å². The van der Waals surface area contributed by atoms with Crippen LogP contribution in [0.4, 0.5) is 0 Å². The van der Waals surface area contributed by atoms with Crippen LogP contribution in [0.1, 0.15) is 24.0 Å². The number of alkyl halides is 1. The minimum absolute atomic E-state index is 0.391. The van der Waals surface area contributed by atoms with E-state index in [2.05, 4.69) is 43.6 Å². The second-order valence-corrected chi connectivity index (χ2v) is 6.06. The van der Waals surface area contributed by atoms with Gasteiger partial charge in [0.25, 0.3) is 0 Å². The predicted molar refractivity (Wildman–Crippen MR) is 88.7 cm³/mol. The summed E-state index contributed by atoms with van der Waals surface area (Å²) in [6, 6.07) is 8.20. The molecule has 2 aromatic heterocycles. The summed E-state index contributed by atoms with van der Waals surface area (Å²) in [6.07, 6.45) is 0.866. The summed E-state index contributed by atoms with van der Waals surface area (Å²) in [4.78, 5) is 4.68. The topological polar surface area (TPSA) is 35.6 Å². The zero-order valence-electron chi connectivity index (χ0n) is 12.0. The van der Waals surface area contributed by atoms with Crippen LogP contribution in [-0.2, 0) is 25.9 Å². The van der Waals surface area contributed by atoms with Gasteiger partial charge in [-0.2, -0.15) is 5.10 Å². The number of imidazole rings is 1. The molecule has 0 amide bonds. The molecule has 3 aromatic rings. The Bertz CT molecular complexity index is 790. The van der Waals surface area contributed by atoms with Crippen LogP contribution in [0.2, 0.25) is 0 Å². The summed E-state index contributed by atoms with van der Waals surface area (Å²) in [7, 11) is 1.96. The highest BCUT2D eigenvalue weighted by Crippen LogP contribution is 2.24. The number of rotatable bonds is 4. The molecule has 0 aliphatic rings. The van der Waals surface area contributed by atoms with Crippen LogP contribution in [0.25, 0.3) is 11.2 Å². The van der Waals surface area contributed by atoms with Crippen LogP contribution in [0, 0.1) is 0 Å². The molecule has 3 rings (SSSR count). The minimum Gasteiger partial charge on any atom is -0.307 e. The van der Waals surface area contributed by atoms with Crippen molar-refractivity contribution in [3.05, 3.63) is 45.8 Å². The first-order chi connectivity index (χ1) is 10.2. The average molecular weight is 368 g/mol. The third-order valence-electron chi connectivity index (χ3n) is 3.61. The fraction of sp³-hybridized carbons (Fsp3) is 0.333. The molecule has 0 fully saturated rings. The van der Waals surface area contributed by atoms with Gasteiger partial charge in [0.15, 0.2) is 5.65 Å². The van der Waals surface area contributed by atoms with E-state index in [1.54, 1.807) is 0 Å². The number of benzene rings is 1. The van der Waals surface area contributed by atoms with E-state index in [9.17, 15) is 0 Å². The van der Waals surface area contributed by atoms with E-state index in [1.165, 1.54) is 5.56 Å². The first-order valence-corrected chi connectivity index (χ1v) is 8.18. The highest BCUT2D eigenvalue weighted by molar-refractivity contribution is 9.10. The summed E-state index contributed by atoms with van der Waals surface area (Å²) in [6.45, 7) is 2.82. The Morgan fingerprint density at radius 3 is 2.71 bits per heavy atom. The molecule has 110 valence electrons. The van der Waals surface area contributed by atoms with Gasteiger partial charge in [0.2, 0.25) is 0 Å². The molecule has 4 nitrogen and oxygen atoms in total. The van der Waals surface area contributed by atoms with E-state index in [0.717, 1.165) is 40.1 Å². The SMILES string of the molecule is CCc1nn(C)c2c1nc(CCl)n2Cc1ccccc1Br. The molecule has 0 spiro atoms. The van der Waals surface area contributed by atoms with Gasteiger partial charge >= 0.3 is 0 Å². The highest BCUT2D eigenvalue weighted by atomic mass is 79.9. The van der Waals surface area contributed by atoms with Crippen LogP contribution >= 0.6 is 27.5 Å². The Morgan fingerprint density at radius 1 is 1.29 bits per heavy atom. The Balaban J connectivity index is 2.17. The minimum atomic E-state index is 0.391. The normalized spacial score (nSPS) is 11.4. The third-order valence-corrected chi connectivity index (χ3v) is 4.62. The van der Waals surface area contributed by atoms with E-state index in [-0.39, 0.29) is 0 Å². The number of fused-ring (bicyclic) bond motifs is 1. The highest BCUT2D eigenvalue weighted by Gasteiger charge is 2.18. The molecule has 21 heavy (non-hydrogen) atoms. The van der Waals surface area contributed by atoms with Crippen LogP contribution in [-0.4, -0.2) is 19.3 Å². The maximum Gasteiger partial charge on any atom is 0.159 e. The number of aryl methyl sites for hydroxylation is 2. The van der Waals surface area contributed by atoms with Crippen molar-refractivity contribution in [1.82, 2.24) is 19.3 Å². The van der Waals surface area contributed by atoms with Crippen LogP contribution < -0.4 is 0 Å². The van der Waals surface area contributed by atoms with E-state index in [4.69, 9.17) is 11.6 Å². The maximum absolute atomic E-state index is 6.09.